The molecule has 47 heavy (non-hydrogen) atoms. The number of carboxylic acids is 2. The van der Waals surface area contributed by atoms with Crippen molar-refractivity contribution in [2.75, 3.05) is 70.7 Å². The lowest BCUT2D eigenvalue weighted by Gasteiger charge is -2.09. The van der Waals surface area contributed by atoms with Crippen molar-refractivity contribution in [3.8, 4) is 0 Å². The molecule has 0 aliphatic heterocycles. The van der Waals surface area contributed by atoms with Gasteiger partial charge in [-0.1, -0.05) is 18.6 Å². The number of nitrogens with zero attached hydrogens (tertiary/aromatic N) is 2. The van der Waals surface area contributed by atoms with Gasteiger partial charge in [0, 0.05) is 31.9 Å². The first kappa shape index (κ1) is 39.0. The van der Waals surface area contributed by atoms with Crippen molar-refractivity contribution >= 4 is 39.7 Å². The molecular weight excluding hydrogens is 642 g/mol. The molecule has 0 unspecified atom stereocenters. The summed E-state index contributed by atoms with van der Waals surface area (Å²) in [4.78, 5) is 52.7. The van der Waals surface area contributed by atoms with Gasteiger partial charge in [0.15, 0.2) is 0 Å². The van der Waals surface area contributed by atoms with Gasteiger partial charge in [0.2, 0.25) is 11.9 Å². The average Bonchev–Trinajstić information content (AvgIpc) is 3.03. The van der Waals surface area contributed by atoms with E-state index in [-0.39, 0.29) is 88.1 Å². The minimum Gasteiger partial charge on any atom is -0.481 e. The van der Waals surface area contributed by atoms with Gasteiger partial charge in [0.05, 0.1) is 50.1 Å². The number of carbonyl (C=O) groups is 4. The fraction of sp³-hybridized carbons (Fsp3) is 0.517. The smallest absolute Gasteiger partial charge is 0.329 e. The van der Waals surface area contributed by atoms with Crippen LogP contribution in [0.2, 0.25) is 0 Å². The van der Waals surface area contributed by atoms with Crippen LogP contribution in [-0.4, -0.2) is 118 Å². The van der Waals surface area contributed by atoms with E-state index in [2.05, 4.69) is 25.3 Å². The zero-order valence-corrected chi connectivity index (χ0v) is 26.7. The van der Waals surface area contributed by atoms with E-state index in [0.29, 0.717) is 12.8 Å². The van der Waals surface area contributed by atoms with E-state index < -0.39 is 34.5 Å². The number of rotatable bonds is 26. The van der Waals surface area contributed by atoms with Gasteiger partial charge < -0.3 is 39.8 Å². The largest absolute Gasteiger partial charge is 0.481 e. The van der Waals surface area contributed by atoms with Crippen LogP contribution in [0.5, 0.6) is 0 Å². The van der Waals surface area contributed by atoms with Gasteiger partial charge >= 0.3 is 11.9 Å². The summed E-state index contributed by atoms with van der Waals surface area (Å²) in [7, 11) is -3.96. The lowest BCUT2D eigenvalue weighted by Crippen LogP contribution is -2.31. The highest BCUT2D eigenvalue weighted by molar-refractivity contribution is 7.92. The number of hydrogen-bond acceptors (Lipinski definition) is 12. The maximum absolute atomic E-state index is 12.7. The van der Waals surface area contributed by atoms with Crippen LogP contribution >= 0.6 is 0 Å². The van der Waals surface area contributed by atoms with Crippen LogP contribution in [0, 0.1) is 0 Å². The molecule has 5 N–H and O–H groups in total. The van der Waals surface area contributed by atoms with E-state index in [4.69, 9.17) is 29.2 Å². The summed E-state index contributed by atoms with van der Waals surface area (Å²) in [5, 5.41) is 22.3. The van der Waals surface area contributed by atoms with Crippen LogP contribution in [0.15, 0.2) is 41.6 Å². The third-order valence-corrected chi connectivity index (χ3v) is 7.38. The molecular formula is C29H41N5O12S. The highest BCUT2D eigenvalue weighted by Gasteiger charge is 2.16. The molecule has 17 nitrogen and oxygen atoms in total. The summed E-state index contributed by atoms with van der Waals surface area (Å²) in [6.45, 7) is 0.992. The number of ether oxygens (including phenoxy) is 4. The number of aromatic nitrogens is 2. The van der Waals surface area contributed by atoms with Crippen LogP contribution in [0.25, 0.3) is 0 Å². The molecule has 0 aliphatic rings. The Morgan fingerprint density at radius 3 is 1.91 bits per heavy atom. The molecule has 0 radical (unpaired) electrons. The normalized spacial score (nSPS) is 11.1. The summed E-state index contributed by atoms with van der Waals surface area (Å²) in [5.74, 6) is -2.89. The van der Waals surface area contributed by atoms with Gasteiger partial charge in [-0.2, -0.15) is 0 Å². The Bertz CT molecular complexity index is 1360. The number of carboxylic acid groups (broad SMARTS) is 2. The summed E-state index contributed by atoms with van der Waals surface area (Å²) < 4.78 is 48.3. The van der Waals surface area contributed by atoms with E-state index in [1.165, 1.54) is 24.5 Å². The van der Waals surface area contributed by atoms with Crippen molar-refractivity contribution in [1.29, 1.82) is 0 Å². The lowest BCUT2D eigenvalue weighted by molar-refractivity contribution is -0.143. The Labute approximate surface area is 272 Å². The third-order valence-electron chi connectivity index (χ3n) is 6.03. The van der Waals surface area contributed by atoms with Crippen molar-refractivity contribution in [1.82, 2.24) is 20.6 Å². The number of carbonyl (C=O) groups excluding carboxylic acids is 2. The summed E-state index contributed by atoms with van der Waals surface area (Å²) in [6, 6.07) is 6.33. The number of unbranched alkanes of at least 4 members (excludes halogenated alkanes) is 2. The zero-order chi connectivity index (χ0) is 34.3. The van der Waals surface area contributed by atoms with Crippen LogP contribution in [0.4, 0.5) is 5.95 Å². The number of amides is 2. The standard InChI is InChI=1S/C29H41N5O12S/c35-25(30-10-12-43-15-17-46-21-27(38)39)20-45-16-14-44-13-11-31-28(40)23-18-32-29(33-19-23)34-47(41,42)24-8-6-22(7-9-24)4-2-1-3-5-26(36)37/h6-9,18-19H,1-5,10-17,20-21H2,(H,30,35)(H,31,40)(H,36,37)(H,38,39)(H,32,33,34). The van der Waals surface area contributed by atoms with Crippen LogP contribution < -0.4 is 15.4 Å². The van der Waals surface area contributed by atoms with E-state index in [1.807, 2.05) is 0 Å². The number of sulfonamides is 1. The Morgan fingerprint density at radius 2 is 1.30 bits per heavy atom. The second-order valence-corrected chi connectivity index (χ2v) is 11.5. The molecule has 0 spiro atoms. The van der Waals surface area contributed by atoms with Crippen molar-refractivity contribution in [3.63, 3.8) is 0 Å². The molecule has 0 atom stereocenters. The maximum Gasteiger partial charge on any atom is 0.329 e. The molecule has 0 aliphatic carbocycles. The fourth-order valence-corrected chi connectivity index (χ4v) is 4.67. The van der Waals surface area contributed by atoms with E-state index in [0.717, 1.165) is 18.4 Å². The SMILES string of the molecule is O=C(O)CCCCCc1ccc(S(=O)(=O)Nc2ncc(C(=O)NCCOCCOCC(=O)NCCOCCOCC(=O)O)cn2)cc1. The first-order chi connectivity index (χ1) is 22.6. The number of hydrogen-bond donors (Lipinski definition) is 5. The first-order valence-electron chi connectivity index (χ1n) is 14.8. The van der Waals surface area contributed by atoms with E-state index >= 15 is 0 Å². The molecule has 0 bridgehead atoms. The quantitative estimate of drug-likeness (QED) is 0.0847. The monoisotopic (exact) mass is 683 g/mol. The van der Waals surface area contributed by atoms with Gasteiger partial charge in [-0.05, 0) is 37.0 Å². The molecule has 0 saturated carbocycles. The molecule has 1 aromatic carbocycles. The predicted octanol–water partition coefficient (Wildman–Crippen LogP) is 0.462. The lowest BCUT2D eigenvalue weighted by atomic mass is 10.1. The van der Waals surface area contributed by atoms with Crippen molar-refractivity contribution in [3.05, 3.63) is 47.8 Å². The molecule has 2 amide bonds. The molecule has 2 rings (SSSR count). The van der Waals surface area contributed by atoms with Crippen molar-refractivity contribution in [2.24, 2.45) is 0 Å². The van der Waals surface area contributed by atoms with Gasteiger partial charge in [-0.25, -0.2) is 27.9 Å². The Hall–Kier alpha value is -4.23. The summed E-state index contributed by atoms with van der Waals surface area (Å²) in [6.07, 6.45) is 5.38. The Balaban J connectivity index is 1.55. The van der Waals surface area contributed by atoms with Crippen molar-refractivity contribution in [2.45, 2.75) is 37.0 Å². The van der Waals surface area contributed by atoms with E-state index in [1.54, 1.807) is 12.1 Å². The number of benzene rings is 1. The van der Waals surface area contributed by atoms with Crippen LogP contribution in [0.1, 0.15) is 41.6 Å². The summed E-state index contributed by atoms with van der Waals surface area (Å²) in [5.41, 5.74) is 1.05. The number of anilines is 1. The number of aryl methyl sites for hydroxylation is 1. The second-order valence-electron chi connectivity index (χ2n) is 9.83. The Morgan fingerprint density at radius 1 is 0.702 bits per heavy atom. The van der Waals surface area contributed by atoms with Gasteiger partial charge in [0.25, 0.3) is 15.9 Å². The molecule has 1 aromatic heterocycles. The minimum absolute atomic E-state index is 0.0206. The third kappa shape index (κ3) is 17.9. The minimum atomic E-state index is -3.96. The van der Waals surface area contributed by atoms with Gasteiger partial charge in [-0.3, -0.25) is 14.4 Å². The van der Waals surface area contributed by atoms with Crippen LogP contribution in [0.3, 0.4) is 0 Å². The van der Waals surface area contributed by atoms with Crippen molar-refractivity contribution < 1.29 is 56.8 Å². The zero-order valence-electron chi connectivity index (χ0n) is 25.9. The van der Waals surface area contributed by atoms with Gasteiger partial charge in [0.1, 0.15) is 13.2 Å². The molecule has 18 heteroatoms. The summed E-state index contributed by atoms with van der Waals surface area (Å²) >= 11 is 0. The Kier molecular flexibility index (Phi) is 18.5. The van der Waals surface area contributed by atoms with E-state index in [9.17, 15) is 27.6 Å². The number of nitrogens with one attached hydrogen (secondary N) is 3. The average molecular weight is 684 g/mol. The molecule has 0 fully saturated rings. The molecule has 260 valence electrons. The first-order valence-corrected chi connectivity index (χ1v) is 16.3. The predicted molar refractivity (Wildman–Crippen MR) is 165 cm³/mol. The number of aliphatic carboxylic acids is 2. The molecule has 1 heterocycles. The molecule has 2 aromatic rings. The second kappa shape index (κ2) is 22.3. The molecule has 0 saturated heterocycles. The highest BCUT2D eigenvalue weighted by Crippen LogP contribution is 2.16. The topological polar surface area (TPSA) is 242 Å². The van der Waals surface area contributed by atoms with Crippen LogP contribution in [-0.2, 0) is 49.8 Å². The van der Waals surface area contributed by atoms with Gasteiger partial charge in [-0.15, -0.1) is 0 Å². The fourth-order valence-electron chi connectivity index (χ4n) is 3.71. The highest BCUT2D eigenvalue weighted by atomic mass is 32.2. The maximum atomic E-state index is 12.7.